The molecule has 7 heteroatoms. The molecule has 194 valence electrons. The molecule has 1 aromatic heterocycles. The van der Waals surface area contributed by atoms with Crippen molar-refractivity contribution >= 4 is 5.91 Å². The summed E-state index contributed by atoms with van der Waals surface area (Å²) in [6.07, 6.45) is 8.07. The third kappa shape index (κ3) is 2.87. The normalized spacial score (nSPS) is 35.1. The molecule has 5 atom stereocenters. The summed E-state index contributed by atoms with van der Waals surface area (Å²) < 4.78 is 12.1. The molecular formula is C30H35N3O4. The Kier molecular flexibility index (Phi) is 4.58. The number of hydrogen-bond acceptors (Lipinski definition) is 6. The summed E-state index contributed by atoms with van der Waals surface area (Å²) in [4.78, 5) is 23.3. The highest BCUT2D eigenvalue weighted by Crippen LogP contribution is 2.71. The molecule has 3 saturated heterocycles. The van der Waals surface area contributed by atoms with Crippen molar-refractivity contribution in [2.24, 2.45) is 11.3 Å². The number of aromatic nitrogens is 1. The zero-order valence-electron chi connectivity index (χ0n) is 21.5. The molecule has 5 fully saturated rings. The molecule has 3 aliphatic carbocycles. The smallest absolute Gasteiger partial charge is 0.228 e. The minimum atomic E-state index is -0.120. The number of carbonyl (C=O) groups is 1. The van der Waals surface area contributed by atoms with E-state index in [0.717, 1.165) is 56.8 Å². The van der Waals surface area contributed by atoms with E-state index in [1.807, 2.05) is 24.3 Å². The Hall–Kier alpha value is -2.80. The molecule has 7 nitrogen and oxygen atoms in total. The standard InChI is InChI=1S/C30H35N3O4/c1-36-24-4-2-3-20(31-24)16-25(35)33-14-11-29-10-9-21(33)28-30(29)12-13-32(17-18-5-6-18)23(29)15-19-7-8-22(34)27(37-28)26(19)30/h2-4,7-8,18,21,23,28,34H,5-6,9-17H2,1H3/t21-,23-,28+,29-,30+/m1/s1. The van der Waals surface area contributed by atoms with Crippen LogP contribution in [0.3, 0.4) is 0 Å². The highest BCUT2D eigenvalue weighted by molar-refractivity contribution is 5.79. The number of phenols is 1. The molecule has 1 aromatic carbocycles. The second-order valence-corrected chi connectivity index (χ2v) is 12.3. The Bertz CT molecular complexity index is 1290. The van der Waals surface area contributed by atoms with Crippen molar-refractivity contribution in [3.05, 3.63) is 47.2 Å². The van der Waals surface area contributed by atoms with Gasteiger partial charge in [-0.1, -0.05) is 12.1 Å². The Morgan fingerprint density at radius 1 is 1.16 bits per heavy atom. The van der Waals surface area contributed by atoms with Crippen LogP contribution in [0.25, 0.3) is 0 Å². The molecule has 2 saturated carbocycles. The number of hydrogen-bond donors (Lipinski definition) is 1. The van der Waals surface area contributed by atoms with Crippen molar-refractivity contribution in [3.8, 4) is 17.4 Å². The van der Waals surface area contributed by atoms with Crippen LogP contribution in [0.5, 0.6) is 17.4 Å². The second-order valence-electron chi connectivity index (χ2n) is 12.3. The third-order valence-corrected chi connectivity index (χ3v) is 10.8. The number of aromatic hydroxyl groups is 1. The topological polar surface area (TPSA) is 75.1 Å². The van der Waals surface area contributed by atoms with Crippen molar-refractivity contribution in [1.82, 2.24) is 14.8 Å². The molecule has 0 unspecified atom stereocenters. The van der Waals surface area contributed by atoms with Gasteiger partial charge in [0.25, 0.3) is 0 Å². The largest absolute Gasteiger partial charge is 0.504 e. The lowest BCUT2D eigenvalue weighted by Crippen LogP contribution is -2.72. The fraction of sp³-hybridized carbons (Fsp3) is 0.600. The van der Waals surface area contributed by atoms with Gasteiger partial charge in [-0.25, -0.2) is 4.98 Å². The van der Waals surface area contributed by atoms with E-state index in [4.69, 9.17) is 9.47 Å². The molecule has 4 aliphatic heterocycles. The van der Waals surface area contributed by atoms with Crippen LogP contribution in [0, 0.1) is 11.3 Å². The molecule has 2 spiro atoms. The fourth-order valence-electron chi connectivity index (χ4n) is 9.22. The van der Waals surface area contributed by atoms with Gasteiger partial charge in [0.1, 0.15) is 6.10 Å². The maximum Gasteiger partial charge on any atom is 0.228 e. The van der Waals surface area contributed by atoms with Gasteiger partial charge in [0, 0.05) is 41.6 Å². The van der Waals surface area contributed by atoms with Crippen LogP contribution in [-0.2, 0) is 23.1 Å². The zero-order chi connectivity index (χ0) is 24.9. The Balaban J connectivity index is 1.21. The van der Waals surface area contributed by atoms with Crippen molar-refractivity contribution in [3.63, 3.8) is 0 Å². The SMILES string of the molecule is COc1cccc(CC(=O)N2CC[C@@]34CC[C@@H]2[C@@H]2Oc5c(O)ccc6c5[C@@]23CCN(CC2CC2)[C@@H]4C6)n1. The van der Waals surface area contributed by atoms with E-state index >= 15 is 0 Å². The third-order valence-electron chi connectivity index (χ3n) is 10.8. The molecule has 5 heterocycles. The average molecular weight is 502 g/mol. The first-order valence-electron chi connectivity index (χ1n) is 14.1. The first kappa shape index (κ1) is 22.2. The van der Waals surface area contributed by atoms with Crippen LogP contribution in [0.2, 0.25) is 0 Å². The highest BCUT2D eigenvalue weighted by atomic mass is 16.5. The summed E-state index contributed by atoms with van der Waals surface area (Å²) in [5, 5.41) is 10.9. The lowest BCUT2D eigenvalue weighted by Gasteiger charge is -2.66. The number of nitrogens with zero attached hydrogens (tertiary/aromatic N) is 3. The maximum absolute atomic E-state index is 13.9. The summed E-state index contributed by atoms with van der Waals surface area (Å²) in [5.41, 5.74) is 3.34. The summed E-state index contributed by atoms with van der Waals surface area (Å²) in [7, 11) is 1.60. The quantitative estimate of drug-likeness (QED) is 0.677. The highest BCUT2D eigenvalue weighted by Gasteiger charge is 2.74. The molecule has 4 bridgehead atoms. The Morgan fingerprint density at radius 3 is 2.89 bits per heavy atom. The number of fused-ring (bicyclic) bond motifs is 3. The number of piperidine rings is 1. The minimum absolute atomic E-state index is 0.0158. The summed E-state index contributed by atoms with van der Waals surface area (Å²) >= 11 is 0. The maximum atomic E-state index is 13.9. The molecule has 37 heavy (non-hydrogen) atoms. The number of pyridine rings is 1. The van der Waals surface area contributed by atoms with E-state index in [-0.39, 0.29) is 41.1 Å². The van der Waals surface area contributed by atoms with Crippen LogP contribution < -0.4 is 9.47 Å². The predicted molar refractivity (Wildman–Crippen MR) is 137 cm³/mol. The van der Waals surface area contributed by atoms with Crippen LogP contribution in [-0.4, -0.2) is 70.7 Å². The van der Waals surface area contributed by atoms with Gasteiger partial charge in [-0.2, -0.15) is 0 Å². The van der Waals surface area contributed by atoms with E-state index in [1.165, 1.54) is 30.5 Å². The van der Waals surface area contributed by atoms with Crippen molar-refractivity contribution in [2.45, 2.75) is 75.0 Å². The molecule has 1 N–H and O–H groups in total. The van der Waals surface area contributed by atoms with E-state index in [9.17, 15) is 9.90 Å². The number of ether oxygens (including phenoxy) is 2. The first-order valence-corrected chi connectivity index (χ1v) is 14.1. The van der Waals surface area contributed by atoms with E-state index in [2.05, 4.69) is 20.9 Å². The molecular weight excluding hydrogens is 466 g/mol. The molecule has 7 aliphatic rings. The van der Waals surface area contributed by atoms with Gasteiger partial charge < -0.3 is 19.5 Å². The first-order chi connectivity index (χ1) is 18.0. The van der Waals surface area contributed by atoms with E-state index in [1.54, 1.807) is 7.11 Å². The molecule has 2 aromatic rings. The predicted octanol–water partition coefficient (Wildman–Crippen LogP) is 3.46. The number of carbonyl (C=O) groups excluding carboxylic acids is 1. The molecule has 9 rings (SSSR count). The average Bonchev–Trinajstić information content (AvgIpc) is 3.69. The van der Waals surface area contributed by atoms with Gasteiger partial charge >= 0.3 is 0 Å². The lowest BCUT2D eigenvalue weighted by molar-refractivity contribution is -0.143. The number of benzene rings is 1. The van der Waals surface area contributed by atoms with Crippen molar-refractivity contribution in [1.29, 1.82) is 0 Å². The van der Waals surface area contributed by atoms with Crippen LogP contribution in [0.15, 0.2) is 30.3 Å². The number of amides is 1. The summed E-state index contributed by atoms with van der Waals surface area (Å²) in [6.45, 7) is 3.07. The Morgan fingerprint density at radius 2 is 2.05 bits per heavy atom. The van der Waals surface area contributed by atoms with Gasteiger partial charge in [0.2, 0.25) is 11.8 Å². The lowest BCUT2D eigenvalue weighted by atomic mass is 9.42. The number of rotatable bonds is 5. The monoisotopic (exact) mass is 501 g/mol. The van der Waals surface area contributed by atoms with Gasteiger partial charge in [0.15, 0.2) is 11.5 Å². The van der Waals surface area contributed by atoms with Crippen LogP contribution in [0.1, 0.15) is 55.3 Å². The fourth-order valence-corrected chi connectivity index (χ4v) is 9.22. The minimum Gasteiger partial charge on any atom is -0.504 e. The molecule has 1 amide bonds. The van der Waals surface area contributed by atoms with Gasteiger partial charge in [-0.05, 0) is 75.1 Å². The summed E-state index contributed by atoms with van der Waals surface area (Å²) in [6, 6.07) is 10.1. The second kappa shape index (κ2) is 7.62. The zero-order valence-corrected chi connectivity index (χ0v) is 21.5. The van der Waals surface area contributed by atoms with Gasteiger partial charge in [0.05, 0.1) is 25.3 Å². The number of phenolic OH excluding ortho intramolecular Hbond substituents is 1. The van der Waals surface area contributed by atoms with E-state index < -0.39 is 0 Å². The van der Waals surface area contributed by atoms with Crippen LogP contribution >= 0.6 is 0 Å². The number of methoxy groups -OCH3 is 1. The van der Waals surface area contributed by atoms with Crippen LogP contribution in [0.4, 0.5) is 0 Å². The summed E-state index contributed by atoms with van der Waals surface area (Å²) in [5.74, 6) is 2.47. The number of likely N-dealkylation sites (tertiary alicyclic amines) is 1. The van der Waals surface area contributed by atoms with Gasteiger partial charge in [-0.3, -0.25) is 9.69 Å². The van der Waals surface area contributed by atoms with Gasteiger partial charge in [-0.15, -0.1) is 0 Å². The van der Waals surface area contributed by atoms with Crippen molar-refractivity contribution in [2.75, 3.05) is 26.7 Å². The van der Waals surface area contributed by atoms with Crippen molar-refractivity contribution < 1.29 is 19.4 Å². The molecule has 0 radical (unpaired) electrons. The van der Waals surface area contributed by atoms with E-state index in [0.29, 0.717) is 17.7 Å². The Labute approximate surface area is 217 Å².